The number of fused-ring (bicyclic) bond motifs is 1. The Bertz CT molecular complexity index is 621. The third-order valence-corrected chi connectivity index (χ3v) is 3.11. The van der Waals surface area contributed by atoms with Crippen LogP contribution in [0.5, 0.6) is 0 Å². The minimum atomic E-state index is -0.812. The van der Waals surface area contributed by atoms with Crippen LogP contribution in [0, 0.1) is 0 Å². The fourth-order valence-corrected chi connectivity index (χ4v) is 2.02. The van der Waals surface area contributed by atoms with E-state index in [4.69, 9.17) is 5.11 Å². The number of carbonyl (C=O) groups is 2. The van der Waals surface area contributed by atoms with Crippen molar-refractivity contribution < 1.29 is 14.7 Å². The third-order valence-electron chi connectivity index (χ3n) is 3.11. The first kappa shape index (κ1) is 14.0. The van der Waals surface area contributed by atoms with E-state index < -0.39 is 5.97 Å². The van der Waals surface area contributed by atoms with E-state index in [-0.39, 0.29) is 18.4 Å². The van der Waals surface area contributed by atoms with Gasteiger partial charge in [0.2, 0.25) is 0 Å². The Morgan fingerprint density at radius 1 is 1.45 bits per heavy atom. The fourth-order valence-electron chi connectivity index (χ4n) is 2.02. The van der Waals surface area contributed by atoms with Gasteiger partial charge in [0.15, 0.2) is 0 Å². The van der Waals surface area contributed by atoms with Gasteiger partial charge in [-0.15, -0.1) is 0 Å². The summed E-state index contributed by atoms with van der Waals surface area (Å²) in [6.45, 7) is 1.87. The molecule has 1 amide bonds. The number of carboxylic acid groups (broad SMARTS) is 1. The molecule has 1 unspecified atom stereocenters. The standard InChI is InChI=1S/C14H17N3O3/c1-9(3-2-4-13(18)19)16-14(20)10-5-6-11-8-15-17-12(11)7-10/h5-9H,2-4H2,1H3,(H,15,17)(H,16,20)(H,18,19). The van der Waals surface area contributed by atoms with Gasteiger partial charge in [-0.05, 0) is 31.9 Å². The molecule has 1 atom stereocenters. The van der Waals surface area contributed by atoms with Crippen LogP contribution in [0.1, 0.15) is 36.5 Å². The van der Waals surface area contributed by atoms with Gasteiger partial charge in [0.1, 0.15) is 0 Å². The maximum atomic E-state index is 12.1. The normalized spacial score (nSPS) is 12.2. The Hall–Kier alpha value is -2.37. The average molecular weight is 275 g/mol. The molecule has 0 bridgehead atoms. The van der Waals surface area contributed by atoms with Gasteiger partial charge in [-0.1, -0.05) is 6.07 Å². The molecule has 20 heavy (non-hydrogen) atoms. The lowest BCUT2D eigenvalue weighted by Gasteiger charge is -2.13. The number of aromatic nitrogens is 2. The lowest BCUT2D eigenvalue weighted by Crippen LogP contribution is -2.32. The highest BCUT2D eigenvalue weighted by Crippen LogP contribution is 2.13. The minimum Gasteiger partial charge on any atom is -0.481 e. The Labute approximate surface area is 116 Å². The van der Waals surface area contributed by atoms with Gasteiger partial charge in [0.05, 0.1) is 11.7 Å². The second kappa shape index (κ2) is 6.18. The molecule has 6 nitrogen and oxygen atoms in total. The molecule has 0 radical (unpaired) electrons. The van der Waals surface area contributed by atoms with Gasteiger partial charge in [0.25, 0.3) is 5.91 Å². The summed E-state index contributed by atoms with van der Waals surface area (Å²) in [5.41, 5.74) is 1.38. The van der Waals surface area contributed by atoms with Gasteiger partial charge in [-0.3, -0.25) is 14.7 Å². The van der Waals surface area contributed by atoms with E-state index in [0.717, 1.165) is 10.9 Å². The van der Waals surface area contributed by atoms with Crippen LogP contribution in [0.25, 0.3) is 10.9 Å². The summed E-state index contributed by atoms with van der Waals surface area (Å²) in [6.07, 6.45) is 3.02. The molecule has 0 aliphatic rings. The van der Waals surface area contributed by atoms with Crippen molar-refractivity contribution in [2.75, 3.05) is 0 Å². The van der Waals surface area contributed by atoms with E-state index in [1.54, 1.807) is 18.3 Å². The molecule has 0 saturated heterocycles. The minimum absolute atomic E-state index is 0.0562. The molecule has 1 aromatic carbocycles. The molecule has 0 aliphatic carbocycles. The highest BCUT2D eigenvalue weighted by molar-refractivity contribution is 5.97. The number of amides is 1. The van der Waals surface area contributed by atoms with E-state index in [1.807, 2.05) is 13.0 Å². The lowest BCUT2D eigenvalue weighted by atomic mass is 10.1. The number of hydrogen-bond donors (Lipinski definition) is 3. The zero-order chi connectivity index (χ0) is 14.5. The van der Waals surface area contributed by atoms with Crippen molar-refractivity contribution in [3.05, 3.63) is 30.0 Å². The number of aromatic amines is 1. The zero-order valence-corrected chi connectivity index (χ0v) is 11.2. The zero-order valence-electron chi connectivity index (χ0n) is 11.2. The molecule has 1 aromatic heterocycles. The van der Waals surface area contributed by atoms with E-state index in [2.05, 4.69) is 15.5 Å². The van der Waals surface area contributed by atoms with Crippen LogP contribution in [-0.2, 0) is 4.79 Å². The SMILES string of the molecule is CC(CCCC(=O)O)NC(=O)c1ccc2cn[nH]c2c1. The van der Waals surface area contributed by atoms with E-state index in [1.165, 1.54) is 0 Å². The second-order valence-electron chi connectivity index (χ2n) is 4.83. The predicted octanol–water partition coefficient (Wildman–Crippen LogP) is 1.94. The summed E-state index contributed by atoms with van der Waals surface area (Å²) in [5.74, 6) is -0.974. The molecular formula is C14H17N3O3. The number of carbonyl (C=O) groups excluding carboxylic acids is 1. The molecule has 2 rings (SSSR count). The quantitative estimate of drug-likeness (QED) is 0.750. The van der Waals surface area contributed by atoms with Crippen molar-refractivity contribution in [1.82, 2.24) is 15.5 Å². The fraction of sp³-hybridized carbons (Fsp3) is 0.357. The molecule has 3 N–H and O–H groups in total. The molecule has 0 fully saturated rings. The number of H-pyrrole nitrogens is 1. The van der Waals surface area contributed by atoms with Gasteiger partial charge in [0, 0.05) is 23.4 Å². The Morgan fingerprint density at radius 2 is 2.25 bits per heavy atom. The largest absolute Gasteiger partial charge is 0.481 e. The van der Waals surface area contributed by atoms with E-state index in [0.29, 0.717) is 18.4 Å². The highest BCUT2D eigenvalue weighted by Gasteiger charge is 2.11. The van der Waals surface area contributed by atoms with Gasteiger partial charge in [-0.25, -0.2) is 0 Å². The summed E-state index contributed by atoms with van der Waals surface area (Å²) < 4.78 is 0. The van der Waals surface area contributed by atoms with Crippen molar-refractivity contribution in [2.24, 2.45) is 0 Å². The van der Waals surface area contributed by atoms with Gasteiger partial charge < -0.3 is 10.4 Å². The summed E-state index contributed by atoms with van der Waals surface area (Å²) in [4.78, 5) is 22.5. The first-order valence-corrected chi connectivity index (χ1v) is 6.52. The van der Waals surface area contributed by atoms with E-state index >= 15 is 0 Å². The average Bonchev–Trinajstić information content (AvgIpc) is 2.85. The molecule has 0 saturated carbocycles. The van der Waals surface area contributed by atoms with Crippen molar-refractivity contribution >= 4 is 22.8 Å². The summed E-state index contributed by atoms with van der Waals surface area (Å²) in [7, 11) is 0. The Morgan fingerprint density at radius 3 is 3.00 bits per heavy atom. The van der Waals surface area contributed by atoms with Crippen LogP contribution >= 0.6 is 0 Å². The maximum Gasteiger partial charge on any atom is 0.303 e. The topological polar surface area (TPSA) is 95.1 Å². The number of nitrogens with one attached hydrogen (secondary N) is 2. The number of nitrogens with zero attached hydrogens (tertiary/aromatic N) is 1. The third kappa shape index (κ3) is 3.57. The number of benzene rings is 1. The summed E-state index contributed by atoms with van der Waals surface area (Å²) in [6, 6.07) is 5.28. The van der Waals surface area contributed by atoms with E-state index in [9.17, 15) is 9.59 Å². The molecule has 0 spiro atoms. The molecule has 0 aliphatic heterocycles. The summed E-state index contributed by atoms with van der Waals surface area (Å²) in [5, 5.41) is 19.1. The van der Waals surface area contributed by atoms with Crippen molar-refractivity contribution in [1.29, 1.82) is 0 Å². The van der Waals surface area contributed by atoms with Crippen LogP contribution < -0.4 is 5.32 Å². The van der Waals surface area contributed by atoms with Crippen molar-refractivity contribution in [2.45, 2.75) is 32.2 Å². The number of aliphatic carboxylic acids is 1. The number of carboxylic acids is 1. The monoisotopic (exact) mass is 275 g/mol. The van der Waals surface area contributed by atoms with Crippen LogP contribution in [0.3, 0.4) is 0 Å². The summed E-state index contributed by atoms with van der Waals surface area (Å²) >= 11 is 0. The number of rotatable bonds is 6. The molecule has 1 heterocycles. The van der Waals surface area contributed by atoms with Crippen LogP contribution in [-0.4, -0.2) is 33.2 Å². The van der Waals surface area contributed by atoms with Gasteiger partial charge >= 0.3 is 5.97 Å². The lowest BCUT2D eigenvalue weighted by molar-refractivity contribution is -0.137. The van der Waals surface area contributed by atoms with Crippen molar-refractivity contribution in [3.8, 4) is 0 Å². The first-order chi connectivity index (χ1) is 9.56. The molecule has 2 aromatic rings. The Kier molecular flexibility index (Phi) is 4.34. The smallest absolute Gasteiger partial charge is 0.303 e. The Balaban J connectivity index is 1.91. The molecule has 6 heteroatoms. The first-order valence-electron chi connectivity index (χ1n) is 6.52. The molecule has 106 valence electrons. The predicted molar refractivity (Wildman–Crippen MR) is 74.5 cm³/mol. The second-order valence-corrected chi connectivity index (χ2v) is 4.83. The van der Waals surface area contributed by atoms with Crippen LogP contribution in [0.2, 0.25) is 0 Å². The highest BCUT2D eigenvalue weighted by atomic mass is 16.4. The molecular weight excluding hydrogens is 258 g/mol. The van der Waals surface area contributed by atoms with Crippen LogP contribution in [0.15, 0.2) is 24.4 Å². The van der Waals surface area contributed by atoms with Gasteiger partial charge in [-0.2, -0.15) is 5.10 Å². The van der Waals surface area contributed by atoms with Crippen LogP contribution in [0.4, 0.5) is 0 Å². The number of hydrogen-bond acceptors (Lipinski definition) is 3. The van der Waals surface area contributed by atoms with Crippen molar-refractivity contribution in [3.63, 3.8) is 0 Å². The maximum absolute atomic E-state index is 12.1.